The first-order chi connectivity index (χ1) is 10.1. The molecule has 21 heavy (non-hydrogen) atoms. The zero-order chi connectivity index (χ0) is 15.2. The van der Waals surface area contributed by atoms with Crippen molar-refractivity contribution in [3.05, 3.63) is 39.4 Å². The molecule has 0 saturated carbocycles. The van der Waals surface area contributed by atoms with Gasteiger partial charge in [0.2, 0.25) is 5.91 Å². The predicted molar refractivity (Wildman–Crippen MR) is 79.0 cm³/mol. The Morgan fingerprint density at radius 1 is 1.43 bits per heavy atom. The highest BCUT2D eigenvalue weighted by molar-refractivity contribution is 5.78. The Hall–Kier alpha value is -1.99. The van der Waals surface area contributed by atoms with Crippen molar-refractivity contribution in [1.82, 2.24) is 15.5 Å². The van der Waals surface area contributed by atoms with Gasteiger partial charge in [-0.25, -0.2) is 0 Å². The summed E-state index contributed by atoms with van der Waals surface area (Å²) in [7, 11) is 0. The van der Waals surface area contributed by atoms with E-state index >= 15 is 0 Å². The van der Waals surface area contributed by atoms with Crippen molar-refractivity contribution in [3.8, 4) is 0 Å². The number of benzene rings is 1. The van der Waals surface area contributed by atoms with Crippen LogP contribution in [0.1, 0.15) is 11.1 Å². The molecular weight excluding hydrogens is 272 g/mol. The molecule has 7 nitrogen and oxygen atoms in total. The van der Waals surface area contributed by atoms with E-state index in [1.807, 2.05) is 0 Å². The van der Waals surface area contributed by atoms with Gasteiger partial charge in [-0.3, -0.25) is 19.8 Å². The van der Waals surface area contributed by atoms with Crippen molar-refractivity contribution in [2.75, 3.05) is 32.7 Å². The van der Waals surface area contributed by atoms with E-state index in [4.69, 9.17) is 0 Å². The molecule has 1 aliphatic rings. The van der Waals surface area contributed by atoms with E-state index in [9.17, 15) is 14.9 Å². The first kappa shape index (κ1) is 15.4. The topological polar surface area (TPSA) is 87.5 Å². The highest BCUT2D eigenvalue weighted by Crippen LogP contribution is 2.20. The molecule has 7 heteroatoms. The lowest BCUT2D eigenvalue weighted by Gasteiger charge is -2.26. The van der Waals surface area contributed by atoms with E-state index in [1.165, 1.54) is 6.07 Å². The normalized spacial score (nSPS) is 15.7. The van der Waals surface area contributed by atoms with Crippen LogP contribution in [0.25, 0.3) is 0 Å². The number of nitrogens with zero attached hydrogens (tertiary/aromatic N) is 2. The van der Waals surface area contributed by atoms with E-state index < -0.39 is 4.92 Å². The molecule has 0 aromatic heterocycles. The van der Waals surface area contributed by atoms with E-state index in [1.54, 1.807) is 19.1 Å². The number of carbonyl (C=O) groups is 1. The van der Waals surface area contributed by atoms with Crippen molar-refractivity contribution in [1.29, 1.82) is 0 Å². The predicted octanol–water partition coefficient (Wildman–Crippen LogP) is 0.425. The second-order valence-corrected chi connectivity index (χ2v) is 5.12. The molecule has 114 valence electrons. The fourth-order valence-corrected chi connectivity index (χ4v) is 2.38. The average Bonchev–Trinajstić information content (AvgIpc) is 2.47. The minimum absolute atomic E-state index is 0.0530. The molecule has 0 unspecified atom stereocenters. The van der Waals surface area contributed by atoms with Crippen LogP contribution in [0.5, 0.6) is 0 Å². The van der Waals surface area contributed by atoms with Crippen molar-refractivity contribution in [2.24, 2.45) is 0 Å². The van der Waals surface area contributed by atoms with Crippen LogP contribution in [0.15, 0.2) is 18.2 Å². The van der Waals surface area contributed by atoms with Crippen LogP contribution >= 0.6 is 0 Å². The molecule has 1 aliphatic heterocycles. The van der Waals surface area contributed by atoms with Gasteiger partial charge < -0.3 is 10.6 Å². The molecule has 0 radical (unpaired) electrons. The SMILES string of the molecule is Cc1c(CNC(=O)CN2CCNCC2)cccc1[N+](=O)[O-]. The second kappa shape index (κ2) is 7.14. The summed E-state index contributed by atoms with van der Waals surface area (Å²) in [5, 5.41) is 16.9. The third kappa shape index (κ3) is 4.24. The van der Waals surface area contributed by atoms with Crippen LogP contribution in [-0.2, 0) is 11.3 Å². The van der Waals surface area contributed by atoms with E-state index in [0.717, 1.165) is 31.7 Å². The third-order valence-corrected chi connectivity index (χ3v) is 3.67. The zero-order valence-corrected chi connectivity index (χ0v) is 12.1. The molecule has 1 saturated heterocycles. The summed E-state index contributed by atoms with van der Waals surface area (Å²) in [6, 6.07) is 4.91. The maximum atomic E-state index is 11.9. The smallest absolute Gasteiger partial charge is 0.272 e. The Bertz CT molecular complexity index is 527. The van der Waals surface area contributed by atoms with Gasteiger partial charge in [-0.1, -0.05) is 12.1 Å². The summed E-state index contributed by atoms with van der Waals surface area (Å²) in [6.45, 7) is 5.92. The monoisotopic (exact) mass is 292 g/mol. The van der Waals surface area contributed by atoms with E-state index in [2.05, 4.69) is 15.5 Å². The highest BCUT2D eigenvalue weighted by Gasteiger charge is 2.15. The number of amides is 1. The van der Waals surface area contributed by atoms with Gasteiger partial charge in [0.25, 0.3) is 5.69 Å². The molecular formula is C14H20N4O3. The van der Waals surface area contributed by atoms with Gasteiger partial charge in [-0.05, 0) is 12.5 Å². The standard InChI is InChI=1S/C14H20N4O3/c1-11-12(3-2-4-13(11)18(20)21)9-16-14(19)10-17-7-5-15-6-8-17/h2-4,15H,5-10H2,1H3,(H,16,19). The fraction of sp³-hybridized carbons (Fsp3) is 0.500. The lowest BCUT2D eigenvalue weighted by molar-refractivity contribution is -0.385. The van der Waals surface area contributed by atoms with E-state index in [0.29, 0.717) is 18.7 Å². The molecule has 0 aliphatic carbocycles. The first-order valence-corrected chi connectivity index (χ1v) is 7.00. The molecule has 0 bridgehead atoms. The Kier molecular flexibility index (Phi) is 5.24. The number of nitro groups is 1. The Morgan fingerprint density at radius 3 is 2.81 bits per heavy atom. The van der Waals surface area contributed by atoms with Crippen molar-refractivity contribution >= 4 is 11.6 Å². The molecule has 1 heterocycles. The number of piperazine rings is 1. The molecule has 1 aromatic rings. The number of hydrogen-bond donors (Lipinski definition) is 2. The van der Waals surface area contributed by atoms with Gasteiger partial charge in [0.1, 0.15) is 0 Å². The maximum Gasteiger partial charge on any atom is 0.272 e. The van der Waals surface area contributed by atoms with Crippen molar-refractivity contribution < 1.29 is 9.72 Å². The third-order valence-electron chi connectivity index (χ3n) is 3.67. The number of carbonyl (C=O) groups excluding carboxylic acids is 1. The largest absolute Gasteiger partial charge is 0.351 e. The minimum atomic E-state index is -0.401. The van der Waals surface area contributed by atoms with Gasteiger partial charge in [0.15, 0.2) is 0 Å². The highest BCUT2D eigenvalue weighted by atomic mass is 16.6. The number of hydrogen-bond acceptors (Lipinski definition) is 5. The lowest BCUT2D eigenvalue weighted by Crippen LogP contribution is -2.47. The molecule has 0 spiro atoms. The zero-order valence-electron chi connectivity index (χ0n) is 12.1. The van der Waals surface area contributed by atoms with Gasteiger partial charge in [-0.15, -0.1) is 0 Å². The first-order valence-electron chi connectivity index (χ1n) is 7.00. The number of nitro benzene ring substituents is 1. The number of nitrogens with one attached hydrogen (secondary N) is 2. The van der Waals surface area contributed by atoms with Crippen LogP contribution in [0.3, 0.4) is 0 Å². The Balaban J connectivity index is 1.89. The fourth-order valence-electron chi connectivity index (χ4n) is 2.38. The average molecular weight is 292 g/mol. The van der Waals surface area contributed by atoms with Gasteiger partial charge in [0.05, 0.1) is 11.5 Å². The molecule has 1 fully saturated rings. The summed E-state index contributed by atoms with van der Waals surface area (Å²) in [6.07, 6.45) is 0. The van der Waals surface area contributed by atoms with Crippen LogP contribution in [0.2, 0.25) is 0 Å². The van der Waals surface area contributed by atoms with Crippen LogP contribution in [-0.4, -0.2) is 48.5 Å². The molecule has 1 amide bonds. The van der Waals surface area contributed by atoms with Gasteiger partial charge in [-0.2, -0.15) is 0 Å². The molecule has 0 atom stereocenters. The summed E-state index contributed by atoms with van der Waals surface area (Å²) >= 11 is 0. The van der Waals surface area contributed by atoms with Gasteiger partial charge >= 0.3 is 0 Å². The molecule has 2 rings (SSSR count). The van der Waals surface area contributed by atoms with E-state index in [-0.39, 0.29) is 11.6 Å². The number of rotatable bonds is 5. The van der Waals surface area contributed by atoms with Crippen LogP contribution < -0.4 is 10.6 Å². The minimum Gasteiger partial charge on any atom is -0.351 e. The van der Waals surface area contributed by atoms with Crippen molar-refractivity contribution in [2.45, 2.75) is 13.5 Å². The summed E-state index contributed by atoms with van der Waals surface area (Å²) in [5.74, 6) is -0.0530. The Morgan fingerprint density at radius 2 is 2.14 bits per heavy atom. The van der Waals surface area contributed by atoms with Crippen molar-refractivity contribution in [3.63, 3.8) is 0 Å². The molecule has 2 N–H and O–H groups in total. The Labute approximate surface area is 123 Å². The molecule has 1 aromatic carbocycles. The second-order valence-electron chi connectivity index (χ2n) is 5.12. The quantitative estimate of drug-likeness (QED) is 0.607. The van der Waals surface area contributed by atoms with Crippen LogP contribution in [0, 0.1) is 17.0 Å². The summed E-state index contributed by atoms with van der Waals surface area (Å²) < 4.78 is 0. The van der Waals surface area contributed by atoms with Crippen LogP contribution in [0.4, 0.5) is 5.69 Å². The van der Waals surface area contributed by atoms with Gasteiger partial charge in [0, 0.05) is 44.4 Å². The summed E-state index contributed by atoms with van der Waals surface area (Å²) in [5.41, 5.74) is 1.46. The lowest BCUT2D eigenvalue weighted by atomic mass is 10.1. The summed E-state index contributed by atoms with van der Waals surface area (Å²) in [4.78, 5) is 24.5. The maximum absolute atomic E-state index is 11.9.